The average Bonchev–Trinajstić information content (AvgIpc) is 3.22. The number of esters is 1. The largest absolute Gasteiger partial charge is 0.469 e. The third-order valence-corrected chi connectivity index (χ3v) is 4.98. The molecule has 2 aromatic rings. The van der Waals surface area contributed by atoms with E-state index in [0.29, 0.717) is 6.54 Å². The SMILES string of the molecule is CN=C(NCCc1c[nH]c2ccccc12)N1CC(C)C(C(=O)OC)C1.I. The Hall–Kier alpha value is -1.77. The highest BCUT2D eigenvalue weighted by Gasteiger charge is 2.36. The molecule has 1 aliphatic rings. The van der Waals surface area contributed by atoms with Gasteiger partial charge in [-0.2, -0.15) is 0 Å². The van der Waals surface area contributed by atoms with Crippen LogP contribution in [0.2, 0.25) is 0 Å². The summed E-state index contributed by atoms with van der Waals surface area (Å²) >= 11 is 0. The summed E-state index contributed by atoms with van der Waals surface area (Å²) < 4.78 is 4.91. The van der Waals surface area contributed by atoms with Gasteiger partial charge < -0.3 is 19.9 Å². The maximum atomic E-state index is 11.9. The summed E-state index contributed by atoms with van der Waals surface area (Å²) in [4.78, 5) is 21.7. The number of aromatic nitrogens is 1. The minimum absolute atomic E-state index is 0. The second-order valence-electron chi connectivity index (χ2n) is 6.60. The normalized spacial score (nSPS) is 20.1. The van der Waals surface area contributed by atoms with E-state index in [1.807, 2.05) is 6.07 Å². The molecular weight excluding hydrogens is 443 g/mol. The van der Waals surface area contributed by atoms with Gasteiger partial charge in [0.1, 0.15) is 0 Å². The van der Waals surface area contributed by atoms with Gasteiger partial charge >= 0.3 is 5.97 Å². The second-order valence-corrected chi connectivity index (χ2v) is 6.60. The summed E-state index contributed by atoms with van der Waals surface area (Å²) in [6.07, 6.45) is 2.98. The highest BCUT2D eigenvalue weighted by Crippen LogP contribution is 2.24. The third kappa shape index (κ3) is 4.31. The number of carbonyl (C=O) groups is 1. The number of carbonyl (C=O) groups excluding carboxylic acids is 1. The minimum atomic E-state index is -0.135. The Labute approximate surface area is 171 Å². The Morgan fingerprint density at radius 2 is 2.15 bits per heavy atom. The van der Waals surface area contributed by atoms with Crippen LogP contribution in [0.4, 0.5) is 0 Å². The predicted octanol–water partition coefficient (Wildman–Crippen LogP) is 2.64. The van der Waals surface area contributed by atoms with Crippen molar-refractivity contribution in [2.45, 2.75) is 13.3 Å². The minimum Gasteiger partial charge on any atom is -0.469 e. The molecule has 0 amide bonds. The molecule has 1 aliphatic heterocycles. The summed E-state index contributed by atoms with van der Waals surface area (Å²) in [5, 5.41) is 4.69. The van der Waals surface area contributed by atoms with Gasteiger partial charge in [-0.15, -0.1) is 24.0 Å². The molecule has 1 aromatic carbocycles. The lowest BCUT2D eigenvalue weighted by molar-refractivity contribution is -0.145. The summed E-state index contributed by atoms with van der Waals surface area (Å²) in [6, 6.07) is 8.32. The molecule has 7 heteroatoms. The van der Waals surface area contributed by atoms with Gasteiger partial charge in [0.15, 0.2) is 5.96 Å². The maximum absolute atomic E-state index is 11.9. The zero-order valence-electron chi connectivity index (χ0n) is 15.5. The predicted molar refractivity (Wildman–Crippen MR) is 115 cm³/mol. The molecule has 142 valence electrons. The number of nitrogens with one attached hydrogen (secondary N) is 2. The fourth-order valence-electron chi connectivity index (χ4n) is 3.58. The lowest BCUT2D eigenvalue weighted by atomic mass is 9.99. The number of nitrogens with zero attached hydrogens (tertiary/aromatic N) is 2. The molecule has 3 rings (SSSR count). The van der Waals surface area contributed by atoms with Crippen molar-refractivity contribution in [3.05, 3.63) is 36.0 Å². The molecule has 0 saturated carbocycles. The highest BCUT2D eigenvalue weighted by molar-refractivity contribution is 14.0. The first-order chi connectivity index (χ1) is 12.1. The van der Waals surface area contributed by atoms with E-state index in [1.54, 1.807) is 7.05 Å². The van der Waals surface area contributed by atoms with Crippen LogP contribution < -0.4 is 5.32 Å². The van der Waals surface area contributed by atoms with Crippen LogP contribution in [-0.4, -0.2) is 55.6 Å². The molecule has 1 fully saturated rings. The quantitative estimate of drug-likeness (QED) is 0.312. The number of aliphatic imine (C=N–C) groups is 1. The number of aromatic amines is 1. The number of hydrogen-bond donors (Lipinski definition) is 2. The first-order valence-electron chi connectivity index (χ1n) is 8.72. The molecule has 2 atom stereocenters. The highest BCUT2D eigenvalue weighted by atomic mass is 127. The van der Waals surface area contributed by atoms with Crippen LogP contribution in [0.15, 0.2) is 35.5 Å². The maximum Gasteiger partial charge on any atom is 0.310 e. The zero-order valence-corrected chi connectivity index (χ0v) is 17.8. The molecule has 0 radical (unpaired) electrons. The lowest BCUT2D eigenvalue weighted by Crippen LogP contribution is -2.41. The Morgan fingerprint density at radius 1 is 1.38 bits per heavy atom. The number of para-hydroxylation sites is 1. The standard InChI is InChI=1S/C19H26N4O2.HI/c1-13-11-23(12-16(13)18(24)25-3)19(20-2)21-9-8-14-10-22-17-7-5-4-6-15(14)17;/h4-7,10,13,16,22H,8-9,11-12H2,1-3H3,(H,20,21);1H. The summed E-state index contributed by atoms with van der Waals surface area (Å²) in [5.41, 5.74) is 2.46. The first kappa shape index (κ1) is 20.5. The van der Waals surface area contributed by atoms with Crippen LogP contribution in [0, 0.1) is 11.8 Å². The van der Waals surface area contributed by atoms with E-state index in [1.165, 1.54) is 18.1 Å². The van der Waals surface area contributed by atoms with Crippen LogP contribution >= 0.6 is 24.0 Å². The zero-order chi connectivity index (χ0) is 17.8. The first-order valence-corrected chi connectivity index (χ1v) is 8.72. The van der Waals surface area contributed by atoms with Gasteiger partial charge in [-0.25, -0.2) is 0 Å². The van der Waals surface area contributed by atoms with Gasteiger partial charge in [-0.3, -0.25) is 9.79 Å². The van der Waals surface area contributed by atoms with E-state index >= 15 is 0 Å². The number of rotatable bonds is 4. The number of H-pyrrole nitrogens is 1. The van der Waals surface area contributed by atoms with Crippen molar-refractivity contribution in [3.8, 4) is 0 Å². The molecule has 1 aromatic heterocycles. The van der Waals surface area contributed by atoms with Gasteiger partial charge in [-0.1, -0.05) is 25.1 Å². The van der Waals surface area contributed by atoms with E-state index < -0.39 is 0 Å². The topological polar surface area (TPSA) is 69.7 Å². The van der Waals surface area contributed by atoms with Crippen LogP contribution in [0.1, 0.15) is 12.5 Å². The average molecular weight is 470 g/mol. The summed E-state index contributed by atoms with van der Waals surface area (Å²) in [7, 11) is 3.23. The van der Waals surface area contributed by atoms with Crippen molar-refractivity contribution >= 4 is 46.8 Å². The molecule has 2 unspecified atom stereocenters. The van der Waals surface area contributed by atoms with Crippen LogP contribution in [0.5, 0.6) is 0 Å². The van der Waals surface area contributed by atoms with Gasteiger partial charge in [0.25, 0.3) is 0 Å². The monoisotopic (exact) mass is 470 g/mol. The van der Waals surface area contributed by atoms with Crippen LogP contribution in [0.25, 0.3) is 10.9 Å². The molecule has 0 spiro atoms. The number of hydrogen-bond acceptors (Lipinski definition) is 3. The Morgan fingerprint density at radius 3 is 2.88 bits per heavy atom. The fourth-order valence-corrected chi connectivity index (χ4v) is 3.58. The van der Waals surface area contributed by atoms with Crippen molar-refractivity contribution in [1.82, 2.24) is 15.2 Å². The van der Waals surface area contributed by atoms with Gasteiger partial charge in [0.2, 0.25) is 0 Å². The number of benzene rings is 1. The Balaban J connectivity index is 0.00000243. The number of methoxy groups -OCH3 is 1. The number of halogens is 1. The molecule has 2 heterocycles. The van der Waals surface area contributed by atoms with E-state index in [0.717, 1.165) is 31.0 Å². The Bertz CT molecular complexity index is 774. The van der Waals surface area contributed by atoms with E-state index in [2.05, 4.69) is 51.5 Å². The van der Waals surface area contributed by atoms with Gasteiger partial charge in [0, 0.05) is 43.8 Å². The van der Waals surface area contributed by atoms with Crippen molar-refractivity contribution in [3.63, 3.8) is 0 Å². The smallest absolute Gasteiger partial charge is 0.310 e. The summed E-state index contributed by atoms with van der Waals surface area (Å²) in [5.74, 6) is 0.888. The van der Waals surface area contributed by atoms with Crippen molar-refractivity contribution in [2.75, 3.05) is 33.8 Å². The number of guanidine groups is 1. The van der Waals surface area contributed by atoms with Crippen LogP contribution in [0.3, 0.4) is 0 Å². The molecular formula is C19H27IN4O2. The number of ether oxygens (including phenoxy) is 1. The number of fused-ring (bicyclic) bond motifs is 1. The Kier molecular flexibility index (Phi) is 7.31. The van der Waals surface area contributed by atoms with E-state index in [9.17, 15) is 4.79 Å². The van der Waals surface area contributed by atoms with Crippen molar-refractivity contribution in [2.24, 2.45) is 16.8 Å². The molecule has 2 N–H and O–H groups in total. The van der Waals surface area contributed by atoms with E-state index in [-0.39, 0.29) is 41.8 Å². The molecule has 26 heavy (non-hydrogen) atoms. The molecule has 0 bridgehead atoms. The molecule has 1 saturated heterocycles. The summed E-state index contributed by atoms with van der Waals surface area (Å²) in [6.45, 7) is 4.34. The molecule has 6 nitrogen and oxygen atoms in total. The van der Waals surface area contributed by atoms with Crippen LogP contribution in [-0.2, 0) is 16.0 Å². The van der Waals surface area contributed by atoms with Gasteiger partial charge in [-0.05, 0) is 24.0 Å². The van der Waals surface area contributed by atoms with E-state index in [4.69, 9.17) is 4.74 Å². The second kappa shape index (κ2) is 9.25. The molecule has 0 aliphatic carbocycles. The number of likely N-dealkylation sites (tertiary alicyclic amines) is 1. The van der Waals surface area contributed by atoms with Crippen molar-refractivity contribution in [1.29, 1.82) is 0 Å². The fraction of sp³-hybridized carbons (Fsp3) is 0.474. The lowest BCUT2D eigenvalue weighted by Gasteiger charge is -2.21. The van der Waals surface area contributed by atoms with Gasteiger partial charge in [0.05, 0.1) is 13.0 Å². The van der Waals surface area contributed by atoms with Crippen molar-refractivity contribution < 1.29 is 9.53 Å². The third-order valence-electron chi connectivity index (χ3n) is 4.98.